The number of rotatable bonds is 44. The van der Waals surface area contributed by atoms with Crippen molar-refractivity contribution in [3.05, 3.63) is 122 Å². The minimum absolute atomic E-state index is 0.118. The Morgan fingerprint density at radius 2 is 0.688 bits per heavy atom. The Labute approximate surface area is 392 Å². The highest BCUT2D eigenvalue weighted by atomic mass is 16.6. The van der Waals surface area contributed by atoms with Crippen LogP contribution in [0.15, 0.2) is 122 Å². The molecule has 0 aliphatic heterocycles. The number of hydrogen-bond donors (Lipinski definition) is 0. The third kappa shape index (κ3) is 48.8. The Balaban J connectivity index is 4.53. The van der Waals surface area contributed by atoms with Crippen LogP contribution in [-0.4, -0.2) is 37.2 Å². The van der Waals surface area contributed by atoms with Crippen LogP contribution in [-0.2, 0) is 28.6 Å². The first-order valence-electron chi connectivity index (χ1n) is 25.6. The fourth-order valence-corrected chi connectivity index (χ4v) is 6.54. The summed E-state index contributed by atoms with van der Waals surface area (Å²) in [6, 6.07) is 0. The Kier molecular flexibility index (Phi) is 48.1. The Hall–Kier alpha value is -4.19. The smallest absolute Gasteiger partial charge is 0.306 e. The van der Waals surface area contributed by atoms with Crippen molar-refractivity contribution in [2.45, 2.75) is 213 Å². The topological polar surface area (TPSA) is 78.9 Å². The number of unbranched alkanes of at least 4 members (excludes halogenated alkanes) is 18. The third-order valence-corrected chi connectivity index (χ3v) is 10.3. The minimum Gasteiger partial charge on any atom is -0.462 e. The first kappa shape index (κ1) is 59.8. The van der Waals surface area contributed by atoms with Crippen molar-refractivity contribution in [3.63, 3.8) is 0 Å². The van der Waals surface area contributed by atoms with E-state index in [1.165, 1.54) is 77.0 Å². The van der Waals surface area contributed by atoms with Gasteiger partial charge in [-0.25, -0.2) is 0 Å². The summed E-state index contributed by atoms with van der Waals surface area (Å²) in [6.45, 7) is 6.28. The zero-order chi connectivity index (χ0) is 46.5. The molecule has 0 aromatic heterocycles. The zero-order valence-corrected chi connectivity index (χ0v) is 41.0. The fraction of sp³-hybridized carbons (Fsp3) is 0.603. The van der Waals surface area contributed by atoms with Crippen molar-refractivity contribution in [1.29, 1.82) is 0 Å². The molecule has 0 aliphatic rings. The lowest BCUT2D eigenvalue weighted by Gasteiger charge is -2.18. The molecule has 0 saturated heterocycles. The Bertz CT molecular complexity index is 1390. The molecule has 6 nitrogen and oxygen atoms in total. The highest BCUT2D eigenvalue weighted by Crippen LogP contribution is 2.13. The SMILES string of the molecule is CC\C=C/C=C\C=C/C=C\C=C\C=C/CCCCCC(=O)OCC(COC(=O)CCCC/C=C\C/C=C\C/C=C\CC)OC(=O)CCCCCCCCC/C=C\CCCCCCCC. The molecule has 0 aliphatic carbocycles. The summed E-state index contributed by atoms with van der Waals surface area (Å²) in [5, 5.41) is 0. The maximum absolute atomic E-state index is 12.8. The van der Waals surface area contributed by atoms with Gasteiger partial charge in [-0.15, -0.1) is 0 Å². The van der Waals surface area contributed by atoms with Gasteiger partial charge in [-0.2, -0.15) is 0 Å². The second kappa shape index (κ2) is 51.4. The van der Waals surface area contributed by atoms with Crippen molar-refractivity contribution in [2.75, 3.05) is 13.2 Å². The average molecular weight is 885 g/mol. The van der Waals surface area contributed by atoms with Gasteiger partial charge < -0.3 is 14.2 Å². The molecule has 0 saturated carbocycles. The quantitative estimate of drug-likeness (QED) is 0.0199. The average Bonchev–Trinajstić information content (AvgIpc) is 3.29. The van der Waals surface area contributed by atoms with Gasteiger partial charge in [0, 0.05) is 19.3 Å². The molecular formula is C58H92O6. The van der Waals surface area contributed by atoms with Crippen LogP contribution in [0.4, 0.5) is 0 Å². The largest absolute Gasteiger partial charge is 0.462 e. The van der Waals surface area contributed by atoms with Crippen LogP contribution < -0.4 is 0 Å². The van der Waals surface area contributed by atoms with E-state index in [1.807, 2.05) is 60.8 Å². The minimum atomic E-state index is -0.817. The number of hydrogen-bond acceptors (Lipinski definition) is 6. The number of carbonyl (C=O) groups is 3. The van der Waals surface area contributed by atoms with Gasteiger partial charge in [0.15, 0.2) is 6.10 Å². The normalized spacial score (nSPS) is 13.1. The van der Waals surface area contributed by atoms with E-state index >= 15 is 0 Å². The predicted molar refractivity (Wildman–Crippen MR) is 274 cm³/mol. The molecule has 0 heterocycles. The molecule has 6 heteroatoms. The summed E-state index contributed by atoms with van der Waals surface area (Å²) in [5.41, 5.74) is 0. The second-order valence-corrected chi connectivity index (χ2v) is 16.5. The lowest BCUT2D eigenvalue weighted by molar-refractivity contribution is -0.167. The van der Waals surface area contributed by atoms with E-state index in [2.05, 4.69) is 81.5 Å². The van der Waals surface area contributed by atoms with Crippen LogP contribution >= 0.6 is 0 Å². The van der Waals surface area contributed by atoms with Crippen molar-refractivity contribution in [3.8, 4) is 0 Å². The summed E-state index contributed by atoms with van der Waals surface area (Å²) < 4.78 is 16.7. The zero-order valence-electron chi connectivity index (χ0n) is 41.0. The van der Waals surface area contributed by atoms with E-state index in [0.29, 0.717) is 25.7 Å². The van der Waals surface area contributed by atoms with E-state index in [4.69, 9.17) is 14.2 Å². The molecule has 0 aromatic carbocycles. The molecule has 1 atom stereocenters. The van der Waals surface area contributed by atoms with Crippen LogP contribution in [0.5, 0.6) is 0 Å². The van der Waals surface area contributed by atoms with Gasteiger partial charge in [0.1, 0.15) is 13.2 Å². The van der Waals surface area contributed by atoms with Crippen LogP contribution in [0.25, 0.3) is 0 Å². The fourth-order valence-electron chi connectivity index (χ4n) is 6.54. The van der Waals surface area contributed by atoms with Crippen LogP contribution in [0.1, 0.15) is 207 Å². The number of allylic oxidation sites excluding steroid dienone is 20. The predicted octanol–water partition coefficient (Wildman–Crippen LogP) is 16.9. The van der Waals surface area contributed by atoms with Gasteiger partial charge in [0.05, 0.1) is 0 Å². The molecule has 0 fully saturated rings. The van der Waals surface area contributed by atoms with Crippen molar-refractivity contribution < 1.29 is 28.6 Å². The molecule has 0 aromatic rings. The van der Waals surface area contributed by atoms with E-state index in [9.17, 15) is 14.4 Å². The van der Waals surface area contributed by atoms with Crippen LogP contribution in [0.2, 0.25) is 0 Å². The first-order valence-corrected chi connectivity index (χ1v) is 25.6. The lowest BCUT2D eigenvalue weighted by atomic mass is 10.1. The molecule has 0 spiro atoms. The van der Waals surface area contributed by atoms with Gasteiger partial charge in [-0.3, -0.25) is 14.4 Å². The Morgan fingerprint density at radius 3 is 1.20 bits per heavy atom. The number of carbonyl (C=O) groups excluding carboxylic acids is 3. The molecule has 0 rings (SSSR count). The van der Waals surface area contributed by atoms with E-state index in [1.54, 1.807) is 0 Å². The molecule has 360 valence electrons. The first-order chi connectivity index (χ1) is 31.5. The summed E-state index contributed by atoms with van der Waals surface area (Å²) in [7, 11) is 0. The highest BCUT2D eigenvalue weighted by molar-refractivity contribution is 5.71. The van der Waals surface area contributed by atoms with E-state index < -0.39 is 6.10 Å². The molecule has 64 heavy (non-hydrogen) atoms. The third-order valence-electron chi connectivity index (χ3n) is 10.3. The van der Waals surface area contributed by atoms with Gasteiger partial charge in [-0.05, 0) is 96.3 Å². The molecular weight excluding hydrogens is 793 g/mol. The van der Waals surface area contributed by atoms with E-state index in [0.717, 1.165) is 83.5 Å². The molecule has 0 radical (unpaired) electrons. The summed E-state index contributed by atoms with van der Waals surface area (Å²) >= 11 is 0. The summed E-state index contributed by atoms with van der Waals surface area (Å²) in [6.07, 6.45) is 70.4. The molecule has 0 bridgehead atoms. The lowest BCUT2D eigenvalue weighted by Crippen LogP contribution is -2.30. The second-order valence-electron chi connectivity index (χ2n) is 16.5. The van der Waals surface area contributed by atoms with Gasteiger partial charge in [-0.1, -0.05) is 213 Å². The standard InChI is InChI=1S/C58H92O6/c1-4-7-10-13-16-19-22-25-27-29-31-33-36-39-42-45-48-51-57(60)63-54-55(53-62-56(59)50-47-44-41-38-35-24-21-18-15-12-9-6-3)64-58(61)52-49-46-43-40-37-34-32-30-28-26-23-20-17-14-11-8-5-2/h7,9-10,12-13,16,18-19,21-22,25-29,31,33,35-36,38,55H,4-6,8,11,14-15,17,20,23-24,30,32,34,37,39-54H2,1-3H3/b10-7-,12-9-,16-13-,21-18-,22-19-,27-25-,28-26-,31-29+,36-33-,38-35-. The maximum Gasteiger partial charge on any atom is 0.306 e. The van der Waals surface area contributed by atoms with Gasteiger partial charge in [0.2, 0.25) is 0 Å². The van der Waals surface area contributed by atoms with Crippen LogP contribution in [0, 0.1) is 0 Å². The van der Waals surface area contributed by atoms with Gasteiger partial charge >= 0.3 is 17.9 Å². The Morgan fingerprint density at radius 1 is 0.344 bits per heavy atom. The monoisotopic (exact) mass is 885 g/mol. The summed E-state index contributed by atoms with van der Waals surface area (Å²) in [4.78, 5) is 38.0. The number of ether oxygens (including phenoxy) is 3. The van der Waals surface area contributed by atoms with Crippen molar-refractivity contribution in [2.24, 2.45) is 0 Å². The molecule has 0 amide bonds. The highest BCUT2D eigenvalue weighted by Gasteiger charge is 2.19. The maximum atomic E-state index is 12.8. The van der Waals surface area contributed by atoms with E-state index in [-0.39, 0.29) is 31.1 Å². The number of esters is 3. The molecule has 1 unspecified atom stereocenters. The van der Waals surface area contributed by atoms with Crippen molar-refractivity contribution in [1.82, 2.24) is 0 Å². The van der Waals surface area contributed by atoms with Crippen LogP contribution in [0.3, 0.4) is 0 Å². The van der Waals surface area contributed by atoms with Gasteiger partial charge in [0.25, 0.3) is 0 Å². The van der Waals surface area contributed by atoms with Crippen molar-refractivity contribution >= 4 is 17.9 Å². The summed E-state index contributed by atoms with van der Waals surface area (Å²) in [5.74, 6) is -1.01. The molecule has 0 N–H and O–H groups in total.